The minimum absolute atomic E-state index is 0.587. The van der Waals surface area contributed by atoms with E-state index in [0.717, 1.165) is 40.9 Å². The van der Waals surface area contributed by atoms with Crippen molar-refractivity contribution in [2.75, 3.05) is 0 Å². The number of benzene rings is 1. The van der Waals surface area contributed by atoms with Gasteiger partial charge in [0.05, 0.1) is 17.2 Å². The molecule has 0 amide bonds. The maximum Gasteiger partial charge on any atom is 0.173 e. The van der Waals surface area contributed by atoms with E-state index < -0.39 is 0 Å². The van der Waals surface area contributed by atoms with Crippen LogP contribution in [0.5, 0.6) is 0 Å². The molecule has 0 atom stereocenters. The Morgan fingerprint density at radius 2 is 2.12 bits per heavy atom. The van der Waals surface area contributed by atoms with Crippen molar-refractivity contribution < 1.29 is 9.47 Å². The van der Waals surface area contributed by atoms with Crippen LogP contribution in [-0.4, -0.2) is 10.2 Å². The summed E-state index contributed by atoms with van der Waals surface area (Å²) in [6, 6.07) is 9.52. The molecule has 1 aromatic carbocycles. The number of nitriles is 1. The maximum atomic E-state index is 9.16. The summed E-state index contributed by atoms with van der Waals surface area (Å²) in [5, 5.41) is 16.6. The number of aromatic amines is 1. The van der Waals surface area contributed by atoms with Gasteiger partial charge < -0.3 is 9.47 Å². The van der Waals surface area contributed by atoms with Gasteiger partial charge in [0.25, 0.3) is 0 Å². The van der Waals surface area contributed by atoms with E-state index in [-0.39, 0.29) is 0 Å². The van der Waals surface area contributed by atoms with Crippen molar-refractivity contribution in [3.63, 3.8) is 0 Å². The second-order valence-electron chi connectivity index (χ2n) is 6.13. The van der Waals surface area contributed by atoms with Crippen molar-refractivity contribution in [1.29, 1.82) is 5.26 Å². The van der Waals surface area contributed by atoms with E-state index in [0.29, 0.717) is 17.1 Å². The number of aromatic nitrogens is 2. The van der Waals surface area contributed by atoms with Gasteiger partial charge in [-0.1, -0.05) is 30.4 Å². The number of ether oxygens (including phenoxy) is 2. The molecule has 0 fully saturated rings. The number of hydrogen-bond acceptors (Lipinski definition) is 4. The molecule has 26 heavy (non-hydrogen) atoms. The highest BCUT2D eigenvalue weighted by Gasteiger charge is 2.23. The van der Waals surface area contributed by atoms with Crippen LogP contribution in [0, 0.1) is 18.3 Å². The average Bonchev–Trinajstić information content (AvgIpc) is 3.10. The highest BCUT2D eigenvalue weighted by Crippen LogP contribution is 2.35. The van der Waals surface area contributed by atoms with Gasteiger partial charge in [-0.15, -0.1) is 0 Å². The van der Waals surface area contributed by atoms with Crippen LogP contribution in [0.15, 0.2) is 66.3 Å². The summed E-state index contributed by atoms with van der Waals surface area (Å²) in [4.78, 5) is 0. The van der Waals surface area contributed by atoms with Gasteiger partial charge in [-0.25, -0.2) is 0 Å². The molecule has 1 N–H and O–H groups in total. The molecule has 0 saturated carbocycles. The van der Waals surface area contributed by atoms with Gasteiger partial charge in [-0.2, -0.15) is 10.4 Å². The molecule has 2 aliphatic rings. The van der Waals surface area contributed by atoms with Gasteiger partial charge in [0.2, 0.25) is 0 Å². The molecule has 5 heteroatoms. The second kappa shape index (κ2) is 6.77. The van der Waals surface area contributed by atoms with Gasteiger partial charge in [-0.3, -0.25) is 5.10 Å². The fourth-order valence-corrected chi connectivity index (χ4v) is 3.06. The molecule has 128 valence electrons. The van der Waals surface area contributed by atoms with Crippen LogP contribution in [0.3, 0.4) is 0 Å². The van der Waals surface area contributed by atoms with Crippen LogP contribution in [0.1, 0.15) is 29.7 Å². The number of H-pyrrole nitrogens is 1. The minimum Gasteiger partial charge on any atom is -0.465 e. The first-order valence-electron chi connectivity index (χ1n) is 8.42. The highest BCUT2D eigenvalue weighted by atomic mass is 16.5. The number of nitrogens with one attached hydrogen (secondary N) is 1. The Hall–Kier alpha value is -3.52. The molecule has 0 spiro atoms. The van der Waals surface area contributed by atoms with Gasteiger partial charge in [-0.05, 0) is 37.5 Å². The van der Waals surface area contributed by atoms with E-state index in [9.17, 15) is 0 Å². The van der Waals surface area contributed by atoms with E-state index in [2.05, 4.69) is 22.3 Å². The second-order valence-corrected chi connectivity index (χ2v) is 6.13. The molecular weight excluding hydrogens is 326 g/mol. The Morgan fingerprint density at radius 3 is 2.92 bits per heavy atom. The Kier molecular flexibility index (Phi) is 4.16. The van der Waals surface area contributed by atoms with Gasteiger partial charge in [0, 0.05) is 11.3 Å². The van der Waals surface area contributed by atoms with Crippen molar-refractivity contribution in [3.8, 4) is 17.3 Å². The van der Waals surface area contributed by atoms with Crippen LogP contribution >= 0.6 is 0 Å². The van der Waals surface area contributed by atoms with Crippen LogP contribution in [0.25, 0.3) is 17.0 Å². The Balaban J connectivity index is 1.69. The molecule has 2 aromatic rings. The molecule has 0 radical (unpaired) electrons. The Morgan fingerprint density at radius 1 is 1.23 bits per heavy atom. The van der Waals surface area contributed by atoms with Crippen LogP contribution in [-0.2, 0) is 9.47 Å². The lowest BCUT2D eigenvalue weighted by atomic mass is 10.0. The Labute approximate surface area is 151 Å². The number of rotatable bonds is 3. The van der Waals surface area contributed by atoms with E-state index >= 15 is 0 Å². The molecule has 1 aliphatic carbocycles. The predicted molar refractivity (Wildman–Crippen MR) is 98.2 cm³/mol. The van der Waals surface area contributed by atoms with Crippen molar-refractivity contribution >= 4 is 5.76 Å². The zero-order valence-electron chi connectivity index (χ0n) is 14.3. The normalized spacial score (nSPS) is 15.9. The minimum atomic E-state index is 0.587. The Bertz CT molecular complexity index is 1020. The molecule has 0 saturated heterocycles. The first-order valence-corrected chi connectivity index (χ1v) is 8.42. The smallest absolute Gasteiger partial charge is 0.173 e. The van der Waals surface area contributed by atoms with Gasteiger partial charge in [0.15, 0.2) is 11.5 Å². The topological polar surface area (TPSA) is 70.9 Å². The van der Waals surface area contributed by atoms with Crippen molar-refractivity contribution in [3.05, 3.63) is 83.2 Å². The SMILES string of the molecule is Cc1[nH]nc(-c2cccc(C#N)c2)c1C1=COC=C(C2=CC=CCC2)O1. The summed E-state index contributed by atoms with van der Waals surface area (Å²) in [5.74, 6) is 1.31. The standard InChI is InChI=1S/C21H17N3O2/c1-14-20(21(24-23-14)17-9-5-6-15(10-17)11-22)19-13-25-12-18(26-19)16-7-3-2-4-8-16/h2-3,5-7,9-10,12-13H,4,8H2,1H3,(H,23,24). The summed E-state index contributed by atoms with van der Waals surface area (Å²) >= 11 is 0. The first kappa shape index (κ1) is 16.0. The monoisotopic (exact) mass is 343 g/mol. The third-order valence-corrected chi connectivity index (χ3v) is 4.36. The summed E-state index contributed by atoms with van der Waals surface area (Å²) in [6.45, 7) is 1.94. The van der Waals surface area contributed by atoms with E-state index in [1.54, 1.807) is 18.6 Å². The fraction of sp³-hybridized carbons (Fsp3) is 0.143. The van der Waals surface area contributed by atoms with Crippen LogP contribution < -0.4 is 0 Å². The molecule has 0 bridgehead atoms. The van der Waals surface area contributed by atoms with E-state index in [4.69, 9.17) is 14.7 Å². The zero-order chi connectivity index (χ0) is 17.9. The third-order valence-electron chi connectivity index (χ3n) is 4.36. The molecule has 0 unspecified atom stereocenters. The lowest BCUT2D eigenvalue weighted by molar-refractivity contribution is 0.285. The molecular formula is C21H17N3O2. The molecule has 1 aromatic heterocycles. The number of hydrogen-bond donors (Lipinski definition) is 1. The fourth-order valence-electron chi connectivity index (χ4n) is 3.06. The predicted octanol–water partition coefficient (Wildman–Crippen LogP) is 4.72. The van der Waals surface area contributed by atoms with E-state index in [1.165, 1.54) is 0 Å². The summed E-state index contributed by atoms with van der Waals surface area (Å²) < 4.78 is 11.7. The van der Waals surface area contributed by atoms with Crippen molar-refractivity contribution in [1.82, 2.24) is 10.2 Å². The molecule has 5 nitrogen and oxygen atoms in total. The lowest BCUT2D eigenvalue weighted by Gasteiger charge is -2.20. The van der Waals surface area contributed by atoms with Crippen molar-refractivity contribution in [2.45, 2.75) is 19.8 Å². The number of allylic oxidation sites excluding steroid dienone is 4. The summed E-state index contributed by atoms with van der Waals surface area (Å²) in [7, 11) is 0. The maximum absolute atomic E-state index is 9.16. The third kappa shape index (κ3) is 2.93. The van der Waals surface area contributed by atoms with Crippen LogP contribution in [0.4, 0.5) is 0 Å². The lowest BCUT2D eigenvalue weighted by Crippen LogP contribution is -2.04. The zero-order valence-corrected chi connectivity index (χ0v) is 14.3. The molecule has 1 aliphatic heterocycles. The quantitative estimate of drug-likeness (QED) is 0.875. The van der Waals surface area contributed by atoms with Gasteiger partial charge in [0.1, 0.15) is 18.2 Å². The molecule has 4 rings (SSSR count). The van der Waals surface area contributed by atoms with Gasteiger partial charge >= 0.3 is 0 Å². The first-order chi connectivity index (χ1) is 12.8. The molecule has 2 heterocycles. The van der Waals surface area contributed by atoms with Crippen molar-refractivity contribution in [2.24, 2.45) is 0 Å². The largest absolute Gasteiger partial charge is 0.465 e. The summed E-state index contributed by atoms with van der Waals surface area (Å²) in [5.41, 5.74) is 4.97. The van der Waals surface area contributed by atoms with E-state index in [1.807, 2.05) is 37.3 Å². The summed E-state index contributed by atoms with van der Waals surface area (Å²) in [6.07, 6.45) is 11.3. The van der Waals surface area contributed by atoms with Crippen LogP contribution in [0.2, 0.25) is 0 Å². The highest BCUT2D eigenvalue weighted by molar-refractivity contribution is 5.78. The number of aryl methyl sites for hydroxylation is 1. The average molecular weight is 343 g/mol. The number of nitrogens with zero attached hydrogens (tertiary/aromatic N) is 2.